The summed E-state index contributed by atoms with van der Waals surface area (Å²) in [7, 11) is 1.30. The predicted molar refractivity (Wildman–Crippen MR) is 136 cm³/mol. The number of carbonyl (C=O) groups excluding carboxylic acids is 3. The molecular weight excluding hydrogens is 514 g/mol. The van der Waals surface area contributed by atoms with Gasteiger partial charge in [-0.1, -0.05) is 6.07 Å². The summed E-state index contributed by atoms with van der Waals surface area (Å²) in [6, 6.07) is 7.46. The van der Waals surface area contributed by atoms with E-state index in [0.717, 1.165) is 4.90 Å². The van der Waals surface area contributed by atoms with E-state index in [0.29, 0.717) is 24.1 Å². The zero-order valence-electron chi connectivity index (χ0n) is 20.9. The molecule has 7 N–H and O–H groups in total. The largest absolute Gasteiger partial charge is 0.489 e. The molecule has 2 aromatic carbocycles. The number of fused-ring (bicyclic) bond motifs is 2. The molecule has 3 rings (SSSR count). The van der Waals surface area contributed by atoms with E-state index in [1.54, 1.807) is 12.1 Å². The number of hydrogen-bond acceptors (Lipinski definition) is 8. The second-order valence-corrected chi connectivity index (χ2v) is 8.57. The number of amides is 2. The maximum absolute atomic E-state index is 13.2. The summed E-state index contributed by atoms with van der Waals surface area (Å²) in [5.41, 5.74) is 12.3. The quantitative estimate of drug-likeness (QED) is 0.132. The molecule has 0 saturated carbocycles. The Labute approximate surface area is 222 Å². The Morgan fingerprint density at radius 1 is 1.15 bits per heavy atom. The average molecular weight is 542 g/mol. The van der Waals surface area contributed by atoms with E-state index >= 15 is 0 Å². The van der Waals surface area contributed by atoms with Crippen LogP contribution in [0.2, 0.25) is 0 Å². The number of aliphatic imine (C=N–C) groups is 1. The first-order chi connectivity index (χ1) is 18.5. The Morgan fingerprint density at radius 2 is 1.90 bits per heavy atom. The van der Waals surface area contributed by atoms with Crippen LogP contribution in [0.1, 0.15) is 39.1 Å². The summed E-state index contributed by atoms with van der Waals surface area (Å²) in [5, 5.41) is 20.0. The van der Waals surface area contributed by atoms with E-state index in [4.69, 9.17) is 31.2 Å². The van der Waals surface area contributed by atoms with Gasteiger partial charge in [0.25, 0.3) is 5.91 Å². The number of ether oxygens (including phenoxy) is 2. The van der Waals surface area contributed by atoms with E-state index < -0.39 is 48.7 Å². The zero-order chi connectivity index (χ0) is 28.7. The molecule has 2 amide bonds. The van der Waals surface area contributed by atoms with Crippen molar-refractivity contribution in [2.24, 2.45) is 16.5 Å². The van der Waals surface area contributed by atoms with Crippen molar-refractivity contribution in [3.63, 3.8) is 0 Å². The van der Waals surface area contributed by atoms with Gasteiger partial charge >= 0.3 is 17.9 Å². The van der Waals surface area contributed by atoms with E-state index in [-0.39, 0.29) is 35.2 Å². The number of carboxylic acids is 2. The third-order valence-corrected chi connectivity index (χ3v) is 5.56. The molecular formula is C25H27N5O9. The lowest BCUT2D eigenvalue weighted by atomic mass is 10.0. The third kappa shape index (κ3) is 7.44. The first kappa shape index (κ1) is 28.4. The minimum absolute atomic E-state index is 0.000163. The molecule has 0 saturated heterocycles. The number of nitrogens with one attached hydrogen (secondary N) is 1. The highest BCUT2D eigenvalue weighted by molar-refractivity contribution is 6.00. The highest BCUT2D eigenvalue weighted by atomic mass is 16.6. The number of nitrogens with zero attached hydrogens (tertiary/aromatic N) is 2. The molecule has 0 bridgehead atoms. The molecule has 14 nitrogen and oxygen atoms in total. The Morgan fingerprint density at radius 3 is 2.56 bits per heavy atom. The van der Waals surface area contributed by atoms with Crippen molar-refractivity contribution in [2.75, 3.05) is 20.2 Å². The van der Waals surface area contributed by atoms with E-state index in [2.05, 4.69) is 10.3 Å². The number of likely N-dealkylation sites (N-methyl/N-ethyl adjacent to an activating group) is 1. The first-order valence-corrected chi connectivity index (χ1v) is 11.7. The molecule has 0 unspecified atom stereocenters. The van der Waals surface area contributed by atoms with Gasteiger partial charge in [-0.25, -0.2) is 14.6 Å². The standard InChI is InChI=1S/C25H27N5O9/c1-30(12-19(31)29-17(23(35)36)11-20(32)33)22(34)16-5-2-6-18-21(16)38-9-3-4-13-10-14(28-25(26)27)7-8-15(13)24(37)39-18/h2,5-8,10,17H,3-4,9,11-12H2,1H3,(H,29,31)(H,32,33)(H,35,36)(H4,26,27,28)/t17-/m0/s1. The monoisotopic (exact) mass is 541 g/mol. The highest BCUT2D eigenvalue weighted by Crippen LogP contribution is 2.34. The Bertz CT molecular complexity index is 1340. The molecule has 1 aliphatic rings. The molecule has 14 heteroatoms. The summed E-state index contributed by atoms with van der Waals surface area (Å²) >= 11 is 0. The van der Waals surface area contributed by atoms with Crippen LogP contribution in [-0.2, 0) is 20.8 Å². The van der Waals surface area contributed by atoms with Gasteiger partial charge in [-0.05, 0) is 48.7 Å². The highest BCUT2D eigenvalue weighted by Gasteiger charge is 2.27. The van der Waals surface area contributed by atoms with Crippen LogP contribution in [-0.4, -0.2) is 77.0 Å². The number of nitrogens with two attached hydrogens (primary N) is 2. The van der Waals surface area contributed by atoms with Gasteiger partial charge in [-0.2, -0.15) is 0 Å². The Balaban J connectivity index is 1.82. The Kier molecular flexibility index (Phi) is 9.04. The van der Waals surface area contributed by atoms with Gasteiger partial charge in [0.1, 0.15) is 6.04 Å². The topological polar surface area (TPSA) is 224 Å². The van der Waals surface area contributed by atoms with Gasteiger partial charge in [0.05, 0.1) is 36.4 Å². The molecule has 1 atom stereocenters. The van der Waals surface area contributed by atoms with Gasteiger partial charge in [0, 0.05) is 7.05 Å². The maximum Gasteiger partial charge on any atom is 0.343 e. The molecule has 0 spiro atoms. The van der Waals surface area contributed by atoms with Gasteiger partial charge < -0.3 is 41.4 Å². The van der Waals surface area contributed by atoms with E-state index in [1.807, 2.05) is 0 Å². The van der Waals surface area contributed by atoms with Gasteiger partial charge in [-0.3, -0.25) is 14.4 Å². The molecule has 206 valence electrons. The van der Waals surface area contributed by atoms with Crippen LogP contribution in [0.4, 0.5) is 5.69 Å². The number of guanidine groups is 1. The smallest absolute Gasteiger partial charge is 0.343 e. The number of para-hydroxylation sites is 1. The van der Waals surface area contributed by atoms with Crippen LogP contribution in [0.3, 0.4) is 0 Å². The number of esters is 1. The molecule has 0 radical (unpaired) electrons. The van der Waals surface area contributed by atoms with Crippen molar-refractivity contribution < 1.29 is 43.7 Å². The summed E-state index contributed by atoms with van der Waals surface area (Å²) in [5.74, 6) is -5.33. The van der Waals surface area contributed by atoms with Crippen LogP contribution in [0.5, 0.6) is 11.5 Å². The minimum Gasteiger partial charge on any atom is -0.489 e. The second kappa shape index (κ2) is 12.4. The number of hydrogen-bond donors (Lipinski definition) is 5. The minimum atomic E-state index is -1.66. The van der Waals surface area contributed by atoms with Gasteiger partial charge in [0.15, 0.2) is 17.5 Å². The van der Waals surface area contributed by atoms with E-state index in [9.17, 15) is 24.0 Å². The normalized spacial score (nSPS) is 13.3. The fourth-order valence-corrected chi connectivity index (χ4v) is 3.82. The molecule has 0 fully saturated rings. The van der Waals surface area contributed by atoms with Gasteiger partial charge in [-0.15, -0.1) is 0 Å². The number of aliphatic carboxylic acids is 2. The van der Waals surface area contributed by atoms with E-state index in [1.165, 1.54) is 31.3 Å². The van der Waals surface area contributed by atoms with Crippen LogP contribution < -0.4 is 26.3 Å². The summed E-state index contributed by atoms with van der Waals surface area (Å²) in [6.07, 6.45) is 0.0552. The fourth-order valence-electron chi connectivity index (χ4n) is 3.82. The first-order valence-electron chi connectivity index (χ1n) is 11.7. The van der Waals surface area contributed by atoms with Crippen molar-refractivity contribution in [1.82, 2.24) is 10.2 Å². The third-order valence-electron chi connectivity index (χ3n) is 5.56. The van der Waals surface area contributed by atoms with Crippen molar-refractivity contribution >= 4 is 41.4 Å². The number of carbonyl (C=O) groups is 5. The van der Waals surface area contributed by atoms with Crippen LogP contribution in [0.15, 0.2) is 41.4 Å². The number of rotatable bonds is 8. The van der Waals surface area contributed by atoms with Crippen molar-refractivity contribution in [1.29, 1.82) is 0 Å². The van der Waals surface area contributed by atoms with Crippen LogP contribution in [0.25, 0.3) is 0 Å². The zero-order valence-corrected chi connectivity index (χ0v) is 20.9. The van der Waals surface area contributed by atoms with Crippen molar-refractivity contribution in [2.45, 2.75) is 25.3 Å². The summed E-state index contributed by atoms with van der Waals surface area (Å²) in [6.45, 7) is -0.419. The molecule has 1 aliphatic heterocycles. The lowest BCUT2D eigenvalue weighted by Crippen LogP contribution is -2.46. The molecule has 0 aromatic heterocycles. The average Bonchev–Trinajstić information content (AvgIpc) is 2.85. The molecule has 39 heavy (non-hydrogen) atoms. The fraction of sp³-hybridized carbons (Fsp3) is 0.280. The van der Waals surface area contributed by atoms with Crippen LogP contribution in [0, 0.1) is 0 Å². The van der Waals surface area contributed by atoms with Gasteiger partial charge in [0.2, 0.25) is 5.91 Å². The predicted octanol–water partition coefficient (Wildman–Crippen LogP) is 0.252. The lowest BCUT2D eigenvalue weighted by molar-refractivity contribution is -0.147. The second-order valence-electron chi connectivity index (χ2n) is 8.57. The lowest BCUT2D eigenvalue weighted by Gasteiger charge is -2.22. The molecule has 0 aliphatic carbocycles. The number of aryl methyl sites for hydroxylation is 1. The maximum atomic E-state index is 13.2. The Hall–Kier alpha value is -5.14. The molecule has 2 aromatic rings. The molecule has 1 heterocycles. The SMILES string of the molecule is CN(CC(=O)N[C@@H](CC(=O)O)C(=O)O)C(=O)c1cccc2c1OCCCc1cc(N=C(N)N)ccc1C(=O)O2. The van der Waals surface area contributed by atoms with Crippen molar-refractivity contribution in [3.05, 3.63) is 53.1 Å². The van der Waals surface area contributed by atoms with Crippen LogP contribution >= 0.6 is 0 Å². The van der Waals surface area contributed by atoms with Crippen molar-refractivity contribution in [3.8, 4) is 11.5 Å². The summed E-state index contributed by atoms with van der Waals surface area (Å²) in [4.78, 5) is 65.6. The summed E-state index contributed by atoms with van der Waals surface area (Å²) < 4.78 is 11.4. The number of carboxylic acid groups (broad SMARTS) is 2. The number of benzene rings is 2.